The molecule has 0 bridgehead atoms. The fraction of sp³-hybridized carbons (Fsp3) is 0.429. The molecule has 0 amide bonds. The number of hydrogen-bond donors (Lipinski definition) is 1. The molecule has 0 radical (unpaired) electrons. The second-order valence-corrected chi connectivity index (χ2v) is 5.65. The molecule has 18 heavy (non-hydrogen) atoms. The van der Waals surface area contributed by atoms with E-state index in [1.54, 1.807) is 17.4 Å². The van der Waals surface area contributed by atoms with Crippen molar-refractivity contribution in [2.75, 3.05) is 26.7 Å². The summed E-state index contributed by atoms with van der Waals surface area (Å²) in [5.41, 5.74) is 0. The average molecular weight is 266 g/mol. The van der Waals surface area contributed by atoms with Crippen molar-refractivity contribution in [2.45, 2.75) is 13.5 Å². The summed E-state index contributed by atoms with van der Waals surface area (Å²) in [6.07, 6.45) is 0. The Balaban J connectivity index is 1.98. The van der Waals surface area contributed by atoms with E-state index < -0.39 is 0 Å². The summed E-state index contributed by atoms with van der Waals surface area (Å²) in [6, 6.07) is 7.08. The van der Waals surface area contributed by atoms with Crippen molar-refractivity contribution >= 4 is 21.4 Å². The van der Waals surface area contributed by atoms with Gasteiger partial charge in [0.15, 0.2) is 0 Å². The number of nitrogens with one attached hydrogen (secondary N) is 1. The predicted octanol–water partition coefficient (Wildman–Crippen LogP) is 3.08. The van der Waals surface area contributed by atoms with E-state index in [-0.39, 0.29) is 5.82 Å². The summed E-state index contributed by atoms with van der Waals surface area (Å²) in [4.78, 5) is 3.57. The molecule has 0 unspecified atom stereocenters. The van der Waals surface area contributed by atoms with Crippen LogP contribution in [0, 0.1) is 5.82 Å². The molecule has 0 aliphatic carbocycles. The molecular weight excluding hydrogens is 247 g/mol. The van der Waals surface area contributed by atoms with Crippen LogP contribution in [0.3, 0.4) is 0 Å². The quantitative estimate of drug-likeness (QED) is 0.808. The van der Waals surface area contributed by atoms with Crippen LogP contribution in [0.5, 0.6) is 0 Å². The predicted molar refractivity (Wildman–Crippen MR) is 76.7 cm³/mol. The lowest BCUT2D eigenvalue weighted by atomic mass is 10.2. The van der Waals surface area contributed by atoms with Crippen molar-refractivity contribution < 1.29 is 4.39 Å². The second kappa shape index (κ2) is 6.27. The molecule has 0 atom stereocenters. The van der Waals surface area contributed by atoms with Crippen LogP contribution in [0.1, 0.15) is 11.8 Å². The summed E-state index contributed by atoms with van der Waals surface area (Å²) < 4.78 is 14.3. The third kappa shape index (κ3) is 3.51. The first-order valence-corrected chi connectivity index (χ1v) is 7.08. The number of likely N-dealkylation sites (N-methyl/N-ethyl adjacent to an activating group) is 2. The Morgan fingerprint density at radius 3 is 2.94 bits per heavy atom. The average Bonchev–Trinajstić information content (AvgIpc) is 2.70. The normalized spacial score (nSPS) is 11.6. The number of benzene rings is 1. The molecule has 1 heterocycles. The highest BCUT2D eigenvalue weighted by molar-refractivity contribution is 7.19. The molecule has 98 valence electrons. The highest BCUT2D eigenvalue weighted by Crippen LogP contribution is 2.26. The fourth-order valence-electron chi connectivity index (χ4n) is 1.94. The maximum Gasteiger partial charge on any atom is 0.123 e. The largest absolute Gasteiger partial charge is 0.316 e. The zero-order chi connectivity index (χ0) is 13.0. The van der Waals surface area contributed by atoms with E-state index in [0.717, 1.165) is 36.3 Å². The van der Waals surface area contributed by atoms with E-state index >= 15 is 0 Å². The van der Waals surface area contributed by atoms with Gasteiger partial charge in [0.2, 0.25) is 0 Å². The lowest BCUT2D eigenvalue weighted by Crippen LogP contribution is -2.28. The zero-order valence-electron chi connectivity index (χ0n) is 10.9. The van der Waals surface area contributed by atoms with Gasteiger partial charge in [0.05, 0.1) is 0 Å². The van der Waals surface area contributed by atoms with Crippen LogP contribution in [0.25, 0.3) is 10.1 Å². The van der Waals surface area contributed by atoms with E-state index in [9.17, 15) is 4.39 Å². The van der Waals surface area contributed by atoms with Crippen LogP contribution in [-0.2, 0) is 6.54 Å². The number of thiophene rings is 1. The van der Waals surface area contributed by atoms with Crippen LogP contribution in [0.15, 0.2) is 24.3 Å². The third-order valence-electron chi connectivity index (χ3n) is 2.88. The highest BCUT2D eigenvalue weighted by Gasteiger charge is 2.05. The molecule has 2 nitrogen and oxygen atoms in total. The first-order chi connectivity index (χ1) is 8.69. The van der Waals surface area contributed by atoms with Gasteiger partial charge in [-0.1, -0.05) is 6.92 Å². The van der Waals surface area contributed by atoms with Gasteiger partial charge in [-0.15, -0.1) is 11.3 Å². The summed E-state index contributed by atoms with van der Waals surface area (Å²) in [6.45, 7) is 6.08. The van der Waals surface area contributed by atoms with Crippen molar-refractivity contribution in [3.8, 4) is 0 Å². The molecule has 0 fully saturated rings. The van der Waals surface area contributed by atoms with Crippen LogP contribution < -0.4 is 5.32 Å². The smallest absolute Gasteiger partial charge is 0.123 e. The number of nitrogens with zero attached hydrogens (tertiary/aromatic N) is 1. The van der Waals surface area contributed by atoms with Gasteiger partial charge in [0.25, 0.3) is 0 Å². The molecular formula is C14H19FN2S. The number of rotatable bonds is 6. The van der Waals surface area contributed by atoms with E-state index in [1.165, 1.54) is 10.9 Å². The van der Waals surface area contributed by atoms with E-state index in [4.69, 9.17) is 0 Å². The minimum absolute atomic E-state index is 0.160. The van der Waals surface area contributed by atoms with Gasteiger partial charge in [0.1, 0.15) is 5.82 Å². The van der Waals surface area contributed by atoms with Crippen molar-refractivity contribution in [3.05, 3.63) is 35.0 Å². The van der Waals surface area contributed by atoms with Crippen molar-refractivity contribution in [1.29, 1.82) is 0 Å². The Hall–Kier alpha value is -0.970. The van der Waals surface area contributed by atoms with Crippen molar-refractivity contribution in [1.82, 2.24) is 10.2 Å². The molecule has 0 aliphatic heterocycles. The molecule has 0 saturated carbocycles. The first kappa shape index (κ1) is 13.5. The summed E-state index contributed by atoms with van der Waals surface area (Å²) in [5.74, 6) is -0.160. The lowest BCUT2D eigenvalue weighted by Gasteiger charge is -2.15. The monoisotopic (exact) mass is 266 g/mol. The van der Waals surface area contributed by atoms with Crippen LogP contribution >= 0.6 is 11.3 Å². The van der Waals surface area contributed by atoms with Gasteiger partial charge in [-0.2, -0.15) is 0 Å². The van der Waals surface area contributed by atoms with Crippen molar-refractivity contribution in [2.24, 2.45) is 0 Å². The van der Waals surface area contributed by atoms with Gasteiger partial charge in [0, 0.05) is 29.2 Å². The Labute approximate surface area is 111 Å². The standard InChI is InChI=1S/C14H19FN2S/c1-3-16-6-7-17(2)10-13-9-11-8-12(15)4-5-14(11)18-13/h4-5,8-9,16H,3,6-7,10H2,1-2H3. The van der Waals surface area contributed by atoms with Crippen molar-refractivity contribution in [3.63, 3.8) is 0 Å². The lowest BCUT2D eigenvalue weighted by molar-refractivity contribution is 0.328. The minimum atomic E-state index is -0.160. The van der Waals surface area contributed by atoms with Gasteiger partial charge in [-0.3, -0.25) is 0 Å². The van der Waals surface area contributed by atoms with E-state index in [1.807, 2.05) is 6.07 Å². The van der Waals surface area contributed by atoms with Gasteiger partial charge < -0.3 is 10.2 Å². The van der Waals surface area contributed by atoms with E-state index in [0.29, 0.717) is 0 Å². The van der Waals surface area contributed by atoms with Gasteiger partial charge >= 0.3 is 0 Å². The SMILES string of the molecule is CCNCCN(C)Cc1cc2cc(F)ccc2s1. The molecule has 0 aliphatic rings. The topological polar surface area (TPSA) is 15.3 Å². The Bertz CT molecular complexity index is 509. The van der Waals surface area contributed by atoms with Gasteiger partial charge in [-0.25, -0.2) is 4.39 Å². The molecule has 0 saturated heterocycles. The minimum Gasteiger partial charge on any atom is -0.316 e. The molecule has 1 aromatic heterocycles. The number of halogens is 1. The maximum atomic E-state index is 13.1. The molecule has 4 heteroatoms. The molecule has 2 aromatic rings. The summed E-state index contributed by atoms with van der Waals surface area (Å²) in [5, 5.41) is 4.32. The highest BCUT2D eigenvalue weighted by atomic mass is 32.1. The van der Waals surface area contributed by atoms with Gasteiger partial charge in [-0.05, 0) is 43.2 Å². The Morgan fingerprint density at radius 1 is 1.33 bits per heavy atom. The summed E-state index contributed by atoms with van der Waals surface area (Å²) in [7, 11) is 2.11. The second-order valence-electron chi connectivity index (χ2n) is 4.49. The number of hydrogen-bond acceptors (Lipinski definition) is 3. The Morgan fingerprint density at radius 2 is 2.17 bits per heavy atom. The zero-order valence-corrected chi connectivity index (χ0v) is 11.7. The summed E-state index contributed by atoms with van der Waals surface area (Å²) >= 11 is 1.74. The molecule has 0 spiro atoms. The van der Waals surface area contributed by atoms with Crippen LogP contribution in [0.4, 0.5) is 4.39 Å². The fourth-order valence-corrected chi connectivity index (χ4v) is 3.06. The first-order valence-electron chi connectivity index (χ1n) is 6.26. The maximum absolute atomic E-state index is 13.1. The molecule has 1 N–H and O–H groups in total. The molecule has 1 aromatic carbocycles. The third-order valence-corrected chi connectivity index (χ3v) is 3.98. The van der Waals surface area contributed by atoms with E-state index in [2.05, 4.69) is 30.3 Å². The molecule has 2 rings (SSSR count). The Kier molecular flexibility index (Phi) is 4.69. The van der Waals surface area contributed by atoms with Crippen LogP contribution in [0.2, 0.25) is 0 Å². The van der Waals surface area contributed by atoms with Crippen LogP contribution in [-0.4, -0.2) is 31.6 Å². The number of fused-ring (bicyclic) bond motifs is 1.